The van der Waals surface area contributed by atoms with Crippen molar-refractivity contribution in [3.63, 3.8) is 0 Å². The maximum absolute atomic E-state index is 12.1. The third kappa shape index (κ3) is 6.78. The molecule has 236 valence electrons. The molecule has 0 saturated carbocycles. The zero-order valence-corrected chi connectivity index (χ0v) is 29.4. The van der Waals surface area contributed by atoms with Crippen molar-refractivity contribution in [1.29, 1.82) is 0 Å². The lowest BCUT2D eigenvalue weighted by Crippen LogP contribution is -2.34. The van der Waals surface area contributed by atoms with Crippen molar-refractivity contribution in [3.8, 4) is 17.2 Å². The van der Waals surface area contributed by atoms with Gasteiger partial charge in [-0.2, -0.15) is 0 Å². The van der Waals surface area contributed by atoms with Crippen LogP contribution in [0.2, 0.25) is 5.02 Å². The summed E-state index contributed by atoms with van der Waals surface area (Å²) in [6.07, 6.45) is -0.406. The number of fused-ring (bicyclic) bond motifs is 2. The second-order valence-corrected chi connectivity index (χ2v) is 15.6. The van der Waals surface area contributed by atoms with E-state index < -0.39 is 7.92 Å². The Kier molecular flexibility index (Phi) is 9.68. The minimum Gasteiger partial charge on any atom is -0.507 e. The van der Waals surface area contributed by atoms with Crippen LogP contribution in [0.3, 0.4) is 0 Å². The van der Waals surface area contributed by atoms with Crippen molar-refractivity contribution < 1.29 is 14.6 Å². The van der Waals surface area contributed by atoms with Gasteiger partial charge in [-0.1, -0.05) is 93.0 Å². The van der Waals surface area contributed by atoms with Gasteiger partial charge in [0.15, 0.2) is 0 Å². The molecule has 0 spiro atoms. The lowest BCUT2D eigenvalue weighted by Gasteiger charge is -2.31. The van der Waals surface area contributed by atoms with Crippen molar-refractivity contribution >= 4 is 57.0 Å². The zero-order chi connectivity index (χ0) is 32.6. The fourth-order valence-corrected chi connectivity index (χ4v) is 8.20. The smallest absolute Gasteiger partial charge is 0.149 e. The quantitative estimate of drug-likeness (QED) is 0.130. The maximum atomic E-state index is 12.1. The molecule has 5 nitrogen and oxygen atoms in total. The predicted octanol–water partition coefficient (Wildman–Crippen LogP) is 7.98. The molecule has 5 aromatic carbocycles. The minimum atomic E-state index is -1.46. The summed E-state index contributed by atoms with van der Waals surface area (Å²) < 4.78 is 13.7. The van der Waals surface area contributed by atoms with Crippen LogP contribution in [0.15, 0.2) is 84.9 Å². The maximum Gasteiger partial charge on any atom is 0.149 e. The first-order chi connectivity index (χ1) is 21.3. The molecule has 7 heteroatoms. The molecule has 0 aliphatic rings. The molecule has 0 fully saturated rings. The predicted molar refractivity (Wildman–Crippen MR) is 193 cm³/mol. The summed E-state index contributed by atoms with van der Waals surface area (Å²) in [5.74, 6) is 1.83. The number of hydrogen-bond acceptors (Lipinski definition) is 5. The SMILES string of the molecule is CC(Oc1c(P(c2cc(Cl)cc(C(C)(C)C)c2O)c2ccc3ccccc3c2OC(C)N(C)C)ccc2ccccc12)N(C)C. The van der Waals surface area contributed by atoms with Crippen LogP contribution in [0.1, 0.15) is 40.2 Å². The van der Waals surface area contributed by atoms with E-state index in [4.69, 9.17) is 21.1 Å². The Morgan fingerprint density at radius 3 is 1.53 bits per heavy atom. The van der Waals surface area contributed by atoms with E-state index in [1.165, 1.54) is 0 Å². The van der Waals surface area contributed by atoms with Gasteiger partial charge in [0.1, 0.15) is 29.7 Å². The summed E-state index contributed by atoms with van der Waals surface area (Å²) in [4.78, 5) is 4.09. The van der Waals surface area contributed by atoms with Crippen molar-refractivity contribution in [2.75, 3.05) is 28.2 Å². The molecule has 2 atom stereocenters. The largest absolute Gasteiger partial charge is 0.507 e. The summed E-state index contributed by atoms with van der Waals surface area (Å²) in [6.45, 7) is 10.4. The summed E-state index contributed by atoms with van der Waals surface area (Å²) >= 11 is 6.89. The van der Waals surface area contributed by atoms with Gasteiger partial charge >= 0.3 is 0 Å². The van der Waals surface area contributed by atoms with Gasteiger partial charge < -0.3 is 14.6 Å². The number of nitrogens with zero attached hydrogens (tertiary/aromatic N) is 2. The molecule has 0 amide bonds. The number of hydrogen-bond donors (Lipinski definition) is 1. The van der Waals surface area contributed by atoms with Gasteiger partial charge in [0.05, 0.1) is 0 Å². The average molecular weight is 643 g/mol. The van der Waals surface area contributed by atoms with Crippen LogP contribution in [0, 0.1) is 0 Å². The van der Waals surface area contributed by atoms with Gasteiger partial charge in [0.2, 0.25) is 0 Å². The molecule has 5 aromatic rings. The molecule has 0 heterocycles. The Morgan fingerprint density at radius 1 is 0.667 bits per heavy atom. The lowest BCUT2D eigenvalue weighted by molar-refractivity contribution is 0.0840. The Labute approximate surface area is 274 Å². The third-order valence-corrected chi connectivity index (χ3v) is 11.0. The van der Waals surface area contributed by atoms with Crippen molar-refractivity contribution in [1.82, 2.24) is 9.80 Å². The lowest BCUT2D eigenvalue weighted by atomic mass is 9.86. The second kappa shape index (κ2) is 13.2. The summed E-state index contributed by atoms with van der Waals surface area (Å²) in [6, 6.07) is 29.0. The molecule has 5 rings (SSSR count). The van der Waals surface area contributed by atoms with Crippen molar-refractivity contribution in [3.05, 3.63) is 95.5 Å². The molecule has 0 bridgehead atoms. The number of rotatable bonds is 9. The average Bonchev–Trinajstić information content (AvgIpc) is 2.99. The third-order valence-electron chi connectivity index (χ3n) is 8.33. The highest BCUT2D eigenvalue weighted by atomic mass is 35.5. The Morgan fingerprint density at radius 2 is 1.11 bits per heavy atom. The van der Waals surface area contributed by atoms with E-state index in [1.54, 1.807) is 0 Å². The van der Waals surface area contributed by atoms with Crippen LogP contribution in [0.4, 0.5) is 0 Å². The van der Waals surface area contributed by atoms with E-state index in [0.717, 1.165) is 54.5 Å². The first kappa shape index (κ1) is 33.0. The van der Waals surface area contributed by atoms with Crippen LogP contribution in [-0.4, -0.2) is 55.6 Å². The van der Waals surface area contributed by atoms with Gasteiger partial charge in [0.25, 0.3) is 0 Å². The Bertz CT molecular complexity index is 1730. The van der Waals surface area contributed by atoms with E-state index in [9.17, 15) is 5.11 Å². The Hall–Kier alpha value is -3.34. The number of phenols is 1. The van der Waals surface area contributed by atoms with Crippen LogP contribution in [0.25, 0.3) is 21.5 Å². The summed E-state index contributed by atoms with van der Waals surface area (Å²) in [5.41, 5.74) is 0.460. The number of benzene rings is 5. The highest BCUT2D eigenvalue weighted by Gasteiger charge is 2.32. The highest BCUT2D eigenvalue weighted by molar-refractivity contribution is 7.80. The van der Waals surface area contributed by atoms with Crippen molar-refractivity contribution in [2.24, 2.45) is 0 Å². The molecule has 45 heavy (non-hydrogen) atoms. The van der Waals surface area contributed by atoms with Crippen molar-refractivity contribution in [2.45, 2.75) is 52.5 Å². The first-order valence-corrected chi connectivity index (χ1v) is 17.0. The molecular weight excluding hydrogens is 599 g/mol. The summed E-state index contributed by atoms with van der Waals surface area (Å²) in [7, 11) is 6.58. The van der Waals surface area contributed by atoms with E-state index in [0.29, 0.717) is 5.02 Å². The van der Waals surface area contributed by atoms with E-state index in [1.807, 2.05) is 88.2 Å². The Balaban J connectivity index is 1.93. The molecule has 0 aliphatic heterocycles. The number of halogens is 1. The van der Waals surface area contributed by atoms with Gasteiger partial charge in [-0.05, 0) is 90.4 Å². The molecule has 0 aromatic heterocycles. The minimum absolute atomic E-state index is 0.203. The summed E-state index contributed by atoms with van der Waals surface area (Å²) in [5, 5.41) is 19.6. The standard InChI is InChI=1S/C38H44ClN2O3P/c1-24(40(6)7)43-36-29-16-12-10-14-26(29)18-20-32(36)45(34-23-28(39)22-31(35(34)42)38(3,4)5)33-21-19-27-15-11-13-17-30(27)37(33)44-25(2)41(8)9/h10-25,42H,1-9H3. The number of ether oxygens (including phenoxy) is 2. The monoisotopic (exact) mass is 642 g/mol. The van der Waals surface area contributed by atoms with E-state index >= 15 is 0 Å². The second-order valence-electron chi connectivity index (χ2n) is 13.0. The topological polar surface area (TPSA) is 45.2 Å². The van der Waals surface area contributed by atoms with Crippen LogP contribution < -0.4 is 25.4 Å². The van der Waals surface area contributed by atoms with Gasteiger partial charge in [-0.3, -0.25) is 9.80 Å². The molecule has 0 saturated heterocycles. The van der Waals surface area contributed by atoms with Gasteiger partial charge in [0, 0.05) is 37.3 Å². The number of phenolic OH excluding ortho intramolecular Hbond substituents is 1. The molecule has 0 radical (unpaired) electrons. The molecular formula is C38H44ClN2O3P. The van der Waals surface area contributed by atoms with Crippen LogP contribution >= 0.6 is 19.5 Å². The van der Waals surface area contributed by atoms with Crippen LogP contribution in [-0.2, 0) is 5.41 Å². The molecule has 2 unspecified atom stereocenters. The zero-order valence-electron chi connectivity index (χ0n) is 27.7. The fourth-order valence-electron chi connectivity index (χ4n) is 5.33. The molecule has 0 aliphatic carbocycles. The fraction of sp³-hybridized carbons (Fsp3) is 0.316. The van der Waals surface area contributed by atoms with Gasteiger partial charge in [-0.25, -0.2) is 0 Å². The first-order valence-electron chi connectivity index (χ1n) is 15.3. The highest BCUT2D eigenvalue weighted by Crippen LogP contribution is 2.48. The van der Waals surface area contributed by atoms with E-state index in [-0.39, 0.29) is 23.6 Å². The van der Waals surface area contributed by atoms with E-state index in [2.05, 4.69) is 69.3 Å². The normalized spacial score (nSPS) is 14.2. The number of aromatic hydroxyl groups is 1. The molecule has 1 N–H and O–H groups in total. The van der Waals surface area contributed by atoms with Crippen LogP contribution in [0.5, 0.6) is 17.2 Å². The van der Waals surface area contributed by atoms with Gasteiger partial charge in [-0.15, -0.1) is 0 Å².